The maximum absolute atomic E-state index is 11.2. The van der Waals surface area contributed by atoms with Crippen LogP contribution in [0, 0.1) is 0 Å². The molecule has 0 bridgehead atoms. The molecule has 1 saturated heterocycles. The molecule has 0 radical (unpaired) electrons. The lowest BCUT2D eigenvalue weighted by molar-refractivity contribution is -0.199. The first-order chi connectivity index (χ1) is 6.88. The highest BCUT2D eigenvalue weighted by Crippen LogP contribution is 2.15. The second-order valence-corrected chi connectivity index (χ2v) is 2.67. The summed E-state index contributed by atoms with van der Waals surface area (Å²) in [5.41, 5.74) is 0. The van der Waals surface area contributed by atoms with Gasteiger partial charge in [0.2, 0.25) is 5.91 Å². The molecule has 1 aliphatic heterocycles. The Hall–Kier alpha value is -1.27. The molecule has 0 spiro atoms. The average Bonchev–Trinajstić information content (AvgIpc) is 2.56. The Bertz CT molecular complexity index is 220. The quantitative estimate of drug-likeness (QED) is 0.680. The molecule has 0 atom stereocenters. The van der Waals surface area contributed by atoms with Gasteiger partial charge < -0.3 is 10.1 Å². The lowest BCUT2D eigenvalue weighted by atomic mass is 10.4. The van der Waals surface area contributed by atoms with E-state index in [9.17, 15) is 22.8 Å². The smallest absolute Gasteiger partial charge is 0.459 e. The van der Waals surface area contributed by atoms with Crippen LogP contribution in [0.3, 0.4) is 0 Å². The van der Waals surface area contributed by atoms with E-state index >= 15 is 0 Å². The van der Waals surface area contributed by atoms with Crippen LogP contribution in [0.15, 0.2) is 0 Å². The molecule has 0 aliphatic carbocycles. The molecule has 4 nitrogen and oxygen atoms in total. The summed E-state index contributed by atoms with van der Waals surface area (Å²) in [6.07, 6.45) is -3.09. The van der Waals surface area contributed by atoms with Gasteiger partial charge in [-0.25, -0.2) is 4.79 Å². The van der Waals surface area contributed by atoms with Gasteiger partial charge >= 0.3 is 12.1 Å². The molecule has 0 aromatic heterocycles. The summed E-state index contributed by atoms with van der Waals surface area (Å²) < 4.78 is 37.1. The van der Waals surface area contributed by atoms with Crippen LogP contribution >= 0.6 is 0 Å². The Balaban J connectivity index is 0.000000280. The molecule has 0 aromatic rings. The van der Waals surface area contributed by atoms with E-state index in [1.54, 1.807) is 0 Å². The van der Waals surface area contributed by atoms with Crippen molar-refractivity contribution in [3.8, 4) is 0 Å². The van der Waals surface area contributed by atoms with Crippen molar-refractivity contribution in [3.05, 3.63) is 0 Å². The molecular formula is C8H12F3NO3. The highest BCUT2D eigenvalue weighted by Gasteiger charge is 2.40. The summed E-state index contributed by atoms with van der Waals surface area (Å²) in [6.45, 7) is 1.95. The number of halogens is 3. The Kier molecular flexibility index (Phi) is 5.73. The molecule has 1 fully saturated rings. The van der Waals surface area contributed by atoms with Crippen molar-refractivity contribution in [2.45, 2.75) is 25.9 Å². The molecule has 7 heteroatoms. The predicted octanol–water partition coefficient (Wildman–Crippen LogP) is 1.01. The lowest BCUT2D eigenvalue weighted by Crippen LogP contribution is -2.25. The largest absolute Gasteiger partial charge is 0.490 e. The van der Waals surface area contributed by atoms with Gasteiger partial charge in [0.25, 0.3) is 0 Å². The van der Waals surface area contributed by atoms with Crippen LogP contribution in [0.2, 0.25) is 0 Å². The fourth-order valence-electron chi connectivity index (χ4n) is 0.778. The Morgan fingerprint density at radius 1 is 1.53 bits per heavy atom. The first-order valence-corrected chi connectivity index (χ1v) is 4.38. The van der Waals surface area contributed by atoms with E-state index < -0.39 is 12.1 Å². The summed E-state index contributed by atoms with van der Waals surface area (Å²) >= 11 is 0. The second-order valence-electron chi connectivity index (χ2n) is 2.67. The number of rotatable bonds is 1. The van der Waals surface area contributed by atoms with Crippen molar-refractivity contribution in [1.29, 1.82) is 0 Å². The third-order valence-corrected chi connectivity index (χ3v) is 1.41. The monoisotopic (exact) mass is 227 g/mol. The van der Waals surface area contributed by atoms with E-state index in [1.165, 1.54) is 6.92 Å². The van der Waals surface area contributed by atoms with Crippen LogP contribution in [-0.4, -0.2) is 31.2 Å². The summed E-state index contributed by atoms with van der Waals surface area (Å²) in [5.74, 6) is -1.93. The zero-order valence-corrected chi connectivity index (χ0v) is 8.19. The fourth-order valence-corrected chi connectivity index (χ4v) is 0.778. The number of carbonyl (C=O) groups is 2. The van der Waals surface area contributed by atoms with Gasteiger partial charge in [0.15, 0.2) is 0 Å². The van der Waals surface area contributed by atoms with Crippen LogP contribution < -0.4 is 5.32 Å². The number of alkyl halides is 3. The highest BCUT2D eigenvalue weighted by atomic mass is 19.4. The van der Waals surface area contributed by atoms with Gasteiger partial charge in [0.1, 0.15) is 0 Å². The van der Waals surface area contributed by atoms with Crippen LogP contribution in [0.4, 0.5) is 13.2 Å². The molecule has 0 saturated carbocycles. The number of hydrogen-bond acceptors (Lipinski definition) is 3. The SMILES string of the molecule is CCOC(=O)C(F)(F)F.O=C1CCCN1. The molecular weight excluding hydrogens is 215 g/mol. The third-order valence-electron chi connectivity index (χ3n) is 1.41. The van der Waals surface area contributed by atoms with Gasteiger partial charge in [-0.1, -0.05) is 0 Å². The van der Waals surface area contributed by atoms with E-state index in [4.69, 9.17) is 0 Å². The Morgan fingerprint density at radius 2 is 2.13 bits per heavy atom. The van der Waals surface area contributed by atoms with Crippen LogP contribution in [-0.2, 0) is 14.3 Å². The minimum atomic E-state index is -4.85. The van der Waals surface area contributed by atoms with Crippen molar-refractivity contribution in [3.63, 3.8) is 0 Å². The minimum Gasteiger partial charge on any atom is -0.459 e. The maximum atomic E-state index is 11.2. The minimum absolute atomic E-state index is 0.204. The lowest BCUT2D eigenvalue weighted by Gasteiger charge is -2.02. The van der Waals surface area contributed by atoms with E-state index in [0.717, 1.165) is 19.4 Å². The van der Waals surface area contributed by atoms with Gasteiger partial charge in [-0.15, -0.1) is 0 Å². The molecule has 15 heavy (non-hydrogen) atoms. The summed E-state index contributed by atoms with van der Waals surface area (Å²) in [7, 11) is 0. The molecule has 0 aromatic carbocycles. The van der Waals surface area contributed by atoms with Crippen molar-refractivity contribution in [1.82, 2.24) is 5.32 Å². The molecule has 1 rings (SSSR count). The summed E-state index contributed by atoms with van der Waals surface area (Å²) in [4.78, 5) is 19.8. The molecule has 1 aliphatic rings. The van der Waals surface area contributed by atoms with Crippen molar-refractivity contribution in [2.75, 3.05) is 13.2 Å². The topological polar surface area (TPSA) is 55.4 Å². The highest BCUT2D eigenvalue weighted by molar-refractivity contribution is 5.77. The molecule has 1 heterocycles. The number of esters is 1. The molecule has 1 N–H and O–H groups in total. The van der Waals surface area contributed by atoms with Crippen molar-refractivity contribution in [2.24, 2.45) is 0 Å². The molecule has 0 unspecified atom stereocenters. The van der Waals surface area contributed by atoms with Gasteiger partial charge in [0, 0.05) is 13.0 Å². The normalized spacial score (nSPS) is 15.1. The maximum Gasteiger partial charge on any atom is 0.490 e. The van der Waals surface area contributed by atoms with E-state index in [0.29, 0.717) is 0 Å². The van der Waals surface area contributed by atoms with Gasteiger partial charge in [-0.05, 0) is 13.3 Å². The third kappa shape index (κ3) is 6.75. The van der Waals surface area contributed by atoms with Crippen molar-refractivity contribution >= 4 is 11.9 Å². The first-order valence-electron chi connectivity index (χ1n) is 4.38. The number of ether oxygens (including phenoxy) is 1. The van der Waals surface area contributed by atoms with Crippen LogP contribution in [0.5, 0.6) is 0 Å². The van der Waals surface area contributed by atoms with Crippen LogP contribution in [0.1, 0.15) is 19.8 Å². The molecule has 1 amide bonds. The zero-order chi connectivity index (χ0) is 11.9. The van der Waals surface area contributed by atoms with Gasteiger partial charge in [-0.2, -0.15) is 13.2 Å². The van der Waals surface area contributed by atoms with Crippen LogP contribution in [0.25, 0.3) is 0 Å². The number of hydrogen-bond donors (Lipinski definition) is 1. The molecule has 88 valence electrons. The Labute approximate surface area is 84.8 Å². The van der Waals surface area contributed by atoms with E-state index in [2.05, 4.69) is 10.1 Å². The summed E-state index contributed by atoms with van der Waals surface area (Å²) in [6, 6.07) is 0. The van der Waals surface area contributed by atoms with Gasteiger partial charge in [-0.3, -0.25) is 4.79 Å². The zero-order valence-electron chi connectivity index (χ0n) is 8.19. The van der Waals surface area contributed by atoms with Gasteiger partial charge in [0.05, 0.1) is 6.61 Å². The number of amides is 1. The standard InChI is InChI=1S/C4H5F3O2.C4H7NO/c1-2-9-3(8)4(5,6)7;6-4-2-1-3-5-4/h2H2,1H3;1-3H2,(H,5,6). The number of carbonyl (C=O) groups excluding carboxylic acids is 2. The fraction of sp³-hybridized carbons (Fsp3) is 0.750. The van der Waals surface area contributed by atoms with E-state index in [1.807, 2.05) is 0 Å². The van der Waals surface area contributed by atoms with E-state index in [-0.39, 0.29) is 12.5 Å². The first kappa shape index (κ1) is 13.7. The average molecular weight is 227 g/mol. The number of nitrogens with one attached hydrogen (secondary N) is 1. The second kappa shape index (κ2) is 6.26. The summed E-state index contributed by atoms with van der Waals surface area (Å²) in [5, 5.41) is 2.68. The van der Waals surface area contributed by atoms with Crippen molar-refractivity contribution < 1.29 is 27.5 Å². The Morgan fingerprint density at radius 3 is 2.27 bits per heavy atom. The predicted molar refractivity (Wildman–Crippen MR) is 44.9 cm³/mol.